The maximum absolute atomic E-state index is 11.3. The van der Waals surface area contributed by atoms with E-state index in [-0.39, 0.29) is 11.5 Å². The number of ether oxygens (including phenoxy) is 1. The van der Waals surface area contributed by atoms with Crippen LogP contribution < -0.4 is 10.1 Å². The molecule has 2 heterocycles. The first-order chi connectivity index (χ1) is 16.1. The van der Waals surface area contributed by atoms with Gasteiger partial charge in [-0.3, -0.25) is 4.90 Å². The van der Waals surface area contributed by atoms with Crippen LogP contribution in [0.15, 0.2) is 30.6 Å². The van der Waals surface area contributed by atoms with E-state index in [0.29, 0.717) is 6.54 Å². The fourth-order valence-corrected chi connectivity index (χ4v) is 7.77. The number of hydrogen-bond donors (Lipinski definition) is 2. The van der Waals surface area contributed by atoms with E-state index in [1.807, 2.05) is 12.1 Å². The molecule has 5 aliphatic rings. The van der Waals surface area contributed by atoms with Gasteiger partial charge in [0.1, 0.15) is 17.9 Å². The smallest absolute Gasteiger partial charge is 0.133 e. The molecule has 4 saturated carbocycles. The van der Waals surface area contributed by atoms with E-state index in [4.69, 9.17) is 4.74 Å². The van der Waals surface area contributed by atoms with Gasteiger partial charge in [0.2, 0.25) is 0 Å². The predicted octanol–water partition coefficient (Wildman–Crippen LogP) is 4.03. The van der Waals surface area contributed by atoms with Crippen molar-refractivity contribution < 1.29 is 9.84 Å². The summed E-state index contributed by atoms with van der Waals surface area (Å²) in [6.07, 6.45) is 10.2. The first kappa shape index (κ1) is 21.4. The Kier molecular flexibility index (Phi) is 5.53. The molecule has 4 aliphatic carbocycles. The summed E-state index contributed by atoms with van der Waals surface area (Å²) in [5.41, 5.74) is 3.65. The predicted molar refractivity (Wildman–Crippen MR) is 128 cm³/mol. The third-order valence-corrected chi connectivity index (χ3v) is 8.93. The zero-order valence-corrected chi connectivity index (χ0v) is 19.7. The van der Waals surface area contributed by atoms with E-state index in [0.717, 1.165) is 61.1 Å². The van der Waals surface area contributed by atoms with Crippen molar-refractivity contribution in [3.8, 4) is 5.75 Å². The lowest BCUT2D eigenvalue weighted by atomic mass is 9.48. The Morgan fingerprint density at radius 2 is 1.85 bits per heavy atom. The van der Waals surface area contributed by atoms with E-state index < -0.39 is 0 Å². The number of aromatic nitrogens is 2. The van der Waals surface area contributed by atoms with E-state index >= 15 is 0 Å². The fourth-order valence-electron chi connectivity index (χ4n) is 7.77. The molecule has 4 fully saturated rings. The molecule has 0 saturated heterocycles. The van der Waals surface area contributed by atoms with Crippen LogP contribution in [-0.4, -0.2) is 46.3 Å². The van der Waals surface area contributed by atoms with Crippen LogP contribution in [0.4, 0.5) is 5.82 Å². The third kappa shape index (κ3) is 4.01. The van der Waals surface area contributed by atoms with Gasteiger partial charge in [-0.05, 0) is 74.2 Å². The molecule has 33 heavy (non-hydrogen) atoms. The normalized spacial score (nSPS) is 31.3. The number of hydrogen-bond acceptors (Lipinski definition) is 6. The first-order valence-electron chi connectivity index (χ1n) is 12.7. The fraction of sp³-hybridized carbons (Fsp3) is 0.630. The molecule has 4 bridgehead atoms. The second kappa shape index (κ2) is 8.55. The van der Waals surface area contributed by atoms with Crippen molar-refractivity contribution in [2.24, 2.45) is 23.2 Å². The van der Waals surface area contributed by atoms with Gasteiger partial charge in [0.05, 0.1) is 18.9 Å². The SMILES string of the molecule is COc1ccccc1CN1CCc2c(ncnc2NCC(O)C23CC4CC(CC(C4)C2)C3)C1. The van der Waals surface area contributed by atoms with Gasteiger partial charge in [0.15, 0.2) is 0 Å². The highest BCUT2D eigenvalue weighted by Gasteiger charge is 2.53. The summed E-state index contributed by atoms with van der Waals surface area (Å²) in [5, 5.41) is 14.9. The first-order valence-corrected chi connectivity index (χ1v) is 12.7. The highest BCUT2D eigenvalue weighted by molar-refractivity contribution is 5.47. The van der Waals surface area contributed by atoms with Gasteiger partial charge in [0, 0.05) is 37.3 Å². The van der Waals surface area contributed by atoms with Gasteiger partial charge in [-0.2, -0.15) is 0 Å². The Bertz CT molecular complexity index is 974. The number of nitrogens with zero attached hydrogens (tertiary/aromatic N) is 3. The molecule has 6 heteroatoms. The van der Waals surface area contributed by atoms with Crippen molar-refractivity contribution in [2.45, 2.75) is 64.1 Å². The molecule has 176 valence electrons. The average molecular weight is 449 g/mol. The molecule has 7 rings (SSSR count). The van der Waals surface area contributed by atoms with Crippen LogP contribution in [0, 0.1) is 23.2 Å². The molecule has 2 N–H and O–H groups in total. The van der Waals surface area contributed by atoms with Crippen LogP contribution in [0.25, 0.3) is 0 Å². The Labute approximate surface area is 196 Å². The van der Waals surface area contributed by atoms with Gasteiger partial charge in [0.25, 0.3) is 0 Å². The minimum atomic E-state index is -0.290. The molecule has 2 aromatic rings. The second-order valence-electron chi connectivity index (χ2n) is 11.1. The monoisotopic (exact) mass is 448 g/mol. The molecule has 6 nitrogen and oxygen atoms in total. The number of aliphatic hydroxyl groups is 1. The highest BCUT2D eigenvalue weighted by atomic mass is 16.5. The number of methoxy groups -OCH3 is 1. The largest absolute Gasteiger partial charge is 0.496 e. The molecule has 0 spiro atoms. The summed E-state index contributed by atoms with van der Waals surface area (Å²) in [6, 6.07) is 8.23. The van der Waals surface area contributed by atoms with Crippen LogP contribution >= 0.6 is 0 Å². The van der Waals surface area contributed by atoms with Gasteiger partial charge < -0.3 is 15.2 Å². The number of aliphatic hydroxyl groups excluding tert-OH is 1. The second-order valence-corrected chi connectivity index (χ2v) is 11.1. The van der Waals surface area contributed by atoms with E-state index in [2.05, 4.69) is 32.3 Å². The van der Waals surface area contributed by atoms with Crippen LogP contribution in [0.5, 0.6) is 5.75 Å². The summed E-state index contributed by atoms with van der Waals surface area (Å²) in [4.78, 5) is 11.6. The van der Waals surface area contributed by atoms with Crippen molar-refractivity contribution >= 4 is 5.82 Å². The Morgan fingerprint density at radius 3 is 2.58 bits per heavy atom. The molecule has 1 atom stereocenters. The quantitative estimate of drug-likeness (QED) is 0.666. The number of para-hydroxylation sites is 1. The van der Waals surface area contributed by atoms with Gasteiger partial charge in [-0.25, -0.2) is 9.97 Å². The number of benzene rings is 1. The van der Waals surface area contributed by atoms with E-state index in [1.54, 1.807) is 13.4 Å². The topological polar surface area (TPSA) is 70.5 Å². The number of rotatable bonds is 7. The number of anilines is 1. The molecule has 0 amide bonds. The summed E-state index contributed by atoms with van der Waals surface area (Å²) < 4.78 is 5.53. The Hall–Kier alpha value is -2.18. The van der Waals surface area contributed by atoms with Gasteiger partial charge in [-0.1, -0.05) is 18.2 Å². The lowest BCUT2D eigenvalue weighted by molar-refractivity contribution is -0.115. The zero-order chi connectivity index (χ0) is 22.4. The molecular weight excluding hydrogens is 412 g/mol. The number of nitrogens with one attached hydrogen (secondary N) is 1. The molecule has 0 radical (unpaired) electrons. The lowest BCUT2D eigenvalue weighted by Gasteiger charge is -2.58. The lowest BCUT2D eigenvalue weighted by Crippen LogP contribution is -2.53. The van der Waals surface area contributed by atoms with Crippen molar-refractivity contribution in [3.05, 3.63) is 47.4 Å². The minimum Gasteiger partial charge on any atom is -0.496 e. The maximum atomic E-state index is 11.3. The summed E-state index contributed by atoms with van der Waals surface area (Å²) in [6.45, 7) is 3.22. The van der Waals surface area contributed by atoms with Crippen molar-refractivity contribution in [3.63, 3.8) is 0 Å². The van der Waals surface area contributed by atoms with Crippen LogP contribution in [-0.2, 0) is 19.5 Å². The van der Waals surface area contributed by atoms with Crippen LogP contribution in [0.2, 0.25) is 0 Å². The molecule has 1 aromatic heterocycles. The highest BCUT2D eigenvalue weighted by Crippen LogP contribution is 2.61. The van der Waals surface area contributed by atoms with Crippen molar-refractivity contribution in [1.29, 1.82) is 0 Å². The molecule has 1 aliphatic heterocycles. The van der Waals surface area contributed by atoms with Crippen molar-refractivity contribution in [2.75, 3.05) is 25.5 Å². The summed E-state index contributed by atoms with van der Waals surface area (Å²) in [5.74, 6) is 4.42. The third-order valence-electron chi connectivity index (χ3n) is 8.93. The van der Waals surface area contributed by atoms with E-state index in [9.17, 15) is 5.11 Å². The number of fused-ring (bicyclic) bond motifs is 1. The van der Waals surface area contributed by atoms with Gasteiger partial charge >= 0.3 is 0 Å². The minimum absolute atomic E-state index is 0.139. The maximum Gasteiger partial charge on any atom is 0.133 e. The average Bonchev–Trinajstić information content (AvgIpc) is 2.82. The van der Waals surface area contributed by atoms with Crippen LogP contribution in [0.3, 0.4) is 0 Å². The zero-order valence-electron chi connectivity index (χ0n) is 19.7. The standard InChI is InChI=1S/C27H36N4O2/c1-33-24-5-3-2-4-21(24)15-31-7-6-22-23(16-31)29-17-30-26(22)28-14-25(32)27-11-18-8-19(12-27)10-20(9-18)13-27/h2-5,17-20,25,32H,6-16H2,1H3,(H,28,29,30). The summed E-state index contributed by atoms with van der Waals surface area (Å²) in [7, 11) is 1.73. The molecule has 1 aromatic carbocycles. The summed E-state index contributed by atoms with van der Waals surface area (Å²) >= 11 is 0. The van der Waals surface area contributed by atoms with Gasteiger partial charge in [-0.15, -0.1) is 0 Å². The Balaban J connectivity index is 1.12. The van der Waals surface area contributed by atoms with Crippen LogP contribution in [0.1, 0.15) is 55.3 Å². The van der Waals surface area contributed by atoms with E-state index in [1.165, 1.54) is 49.7 Å². The van der Waals surface area contributed by atoms with Crippen molar-refractivity contribution in [1.82, 2.24) is 14.9 Å². The molecule has 1 unspecified atom stereocenters. The Morgan fingerprint density at radius 1 is 1.12 bits per heavy atom. The molecular formula is C27H36N4O2.